The molecule has 0 aromatic heterocycles. The van der Waals surface area contributed by atoms with Crippen molar-refractivity contribution >= 4 is 21.5 Å². The highest BCUT2D eigenvalue weighted by Gasteiger charge is 2.03. The molecule has 0 aliphatic carbocycles. The summed E-state index contributed by atoms with van der Waals surface area (Å²) in [7, 11) is 0. The van der Waals surface area contributed by atoms with Gasteiger partial charge in [-0.25, -0.2) is 0 Å². The summed E-state index contributed by atoms with van der Waals surface area (Å²) >= 11 is 0. The molecule has 0 atom stereocenters. The van der Waals surface area contributed by atoms with E-state index in [1.807, 2.05) is 42.5 Å². The van der Waals surface area contributed by atoms with Crippen LogP contribution in [0.5, 0.6) is 0 Å². The summed E-state index contributed by atoms with van der Waals surface area (Å²) in [6, 6.07) is 16.0. The van der Waals surface area contributed by atoms with Gasteiger partial charge in [-0.3, -0.25) is 0 Å². The van der Waals surface area contributed by atoms with Crippen LogP contribution in [-0.4, -0.2) is 0 Å². The van der Waals surface area contributed by atoms with Gasteiger partial charge in [-0.1, -0.05) is 48.5 Å². The van der Waals surface area contributed by atoms with Gasteiger partial charge < -0.3 is 0 Å². The highest BCUT2D eigenvalue weighted by atomic mass is 14.1. The number of hydrogen-bond donors (Lipinski definition) is 0. The van der Waals surface area contributed by atoms with E-state index in [-0.39, 0.29) is 0 Å². The topological polar surface area (TPSA) is 0 Å². The third kappa shape index (κ3) is 1.30. The van der Waals surface area contributed by atoms with Crippen molar-refractivity contribution in [1.82, 2.24) is 0 Å². The first-order valence-electron chi connectivity index (χ1n) is 5.22. The standard InChI is InChI=1S/C16H10/c1-11-7-8-13-10-12(2)14-5-3-4-6-15(14)16(13)9-11/h1-10H. The van der Waals surface area contributed by atoms with Crippen molar-refractivity contribution in [3.63, 3.8) is 0 Å². The molecule has 0 saturated heterocycles. The van der Waals surface area contributed by atoms with Gasteiger partial charge in [0.25, 0.3) is 0 Å². The van der Waals surface area contributed by atoms with Gasteiger partial charge in [0.1, 0.15) is 0 Å². The second kappa shape index (κ2) is 3.34. The van der Waals surface area contributed by atoms with E-state index in [9.17, 15) is 0 Å². The fourth-order valence-corrected chi connectivity index (χ4v) is 2.15. The normalized spacial score (nSPS) is 11.1. The third-order valence-corrected chi connectivity index (χ3v) is 2.92. The van der Waals surface area contributed by atoms with Crippen LogP contribution in [0.15, 0.2) is 48.5 Å². The van der Waals surface area contributed by atoms with Crippen LogP contribution in [0.25, 0.3) is 21.5 Å². The first kappa shape index (κ1) is 9.41. The van der Waals surface area contributed by atoms with Crippen LogP contribution in [0.3, 0.4) is 0 Å². The molecule has 0 spiro atoms. The Kier molecular flexibility index (Phi) is 1.97. The van der Waals surface area contributed by atoms with Gasteiger partial charge in [-0.05, 0) is 46.5 Å². The third-order valence-electron chi connectivity index (χ3n) is 2.92. The minimum absolute atomic E-state index is 0.780. The average Bonchev–Trinajstić information content (AvgIpc) is 2.31. The molecule has 0 aliphatic heterocycles. The van der Waals surface area contributed by atoms with Gasteiger partial charge in [0.05, 0.1) is 0 Å². The summed E-state index contributed by atoms with van der Waals surface area (Å²) in [6.07, 6.45) is 0. The average molecular weight is 202 g/mol. The summed E-state index contributed by atoms with van der Waals surface area (Å²) in [5.41, 5.74) is 1.59. The van der Waals surface area contributed by atoms with Gasteiger partial charge in [-0.15, -0.1) is 0 Å². The predicted molar refractivity (Wildman–Crippen MR) is 68.3 cm³/mol. The van der Waals surface area contributed by atoms with E-state index in [4.69, 9.17) is 13.8 Å². The van der Waals surface area contributed by atoms with Crippen molar-refractivity contribution in [2.75, 3.05) is 0 Å². The summed E-state index contributed by atoms with van der Waals surface area (Å²) in [4.78, 5) is 0. The second-order valence-corrected chi connectivity index (χ2v) is 3.99. The Labute approximate surface area is 95.5 Å². The molecule has 0 nitrogen and oxygen atoms in total. The lowest BCUT2D eigenvalue weighted by Gasteiger charge is -2.07. The van der Waals surface area contributed by atoms with E-state index in [0.29, 0.717) is 0 Å². The SMILES string of the molecule is [CH]c1ccc2cc([CH])c3ccccc3c2c1. The first-order chi connectivity index (χ1) is 7.75. The van der Waals surface area contributed by atoms with Gasteiger partial charge in [0.15, 0.2) is 0 Å². The molecule has 0 unspecified atom stereocenters. The Morgan fingerprint density at radius 3 is 2.25 bits per heavy atom. The second-order valence-electron chi connectivity index (χ2n) is 3.99. The fourth-order valence-electron chi connectivity index (χ4n) is 2.15. The summed E-state index contributed by atoms with van der Waals surface area (Å²) in [5, 5.41) is 4.53. The smallest absolute Gasteiger partial charge is 0.000522 e. The summed E-state index contributed by atoms with van der Waals surface area (Å²) < 4.78 is 0. The van der Waals surface area contributed by atoms with E-state index in [1.54, 1.807) is 0 Å². The molecule has 3 rings (SSSR count). The van der Waals surface area contributed by atoms with Crippen molar-refractivity contribution in [2.24, 2.45) is 0 Å². The van der Waals surface area contributed by atoms with Crippen molar-refractivity contribution in [1.29, 1.82) is 0 Å². The zero-order valence-electron chi connectivity index (χ0n) is 8.77. The number of hydrogen-bond acceptors (Lipinski definition) is 0. The van der Waals surface area contributed by atoms with E-state index < -0.39 is 0 Å². The molecule has 16 heavy (non-hydrogen) atoms. The summed E-state index contributed by atoms with van der Waals surface area (Å²) in [5.74, 6) is 0. The molecule has 3 aromatic rings. The predicted octanol–water partition coefficient (Wildman–Crippen LogP) is 4.11. The maximum Gasteiger partial charge on any atom is -0.000522 e. The molecule has 3 aromatic carbocycles. The number of fused-ring (bicyclic) bond motifs is 3. The zero-order valence-corrected chi connectivity index (χ0v) is 8.77. The Morgan fingerprint density at radius 1 is 0.688 bits per heavy atom. The molecular formula is C16H10. The van der Waals surface area contributed by atoms with Crippen molar-refractivity contribution in [3.05, 3.63) is 73.5 Å². The Balaban J connectivity index is 2.61. The molecule has 0 heterocycles. The Hall–Kier alpha value is -1.82. The molecule has 0 fully saturated rings. The highest BCUT2D eigenvalue weighted by Crippen LogP contribution is 2.28. The monoisotopic (exact) mass is 202 g/mol. The first-order valence-corrected chi connectivity index (χ1v) is 5.22. The largest absolute Gasteiger partial charge is 0.0616 e. The van der Waals surface area contributed by atoms with Crippen LogP contribution in [0.2, 0.25) is 0 Å². The zero-order chi connectivity index (χ0) is 11.1. The van der Waals surface area contributed by atoms with Crippen LogP contribution in [-0.2, 0) is 0 Å². The van der Waals surface area contributed by atoms with Crippen LogP contribution in [0.1, 0.15) is 11.1 Å². The van der Waals surface area contributed by atoms with Crippen LogP contribution in [0.4, 0.5) is 0 Å². The lowest BCUT2D eigenvalue weighted by Crippen LogP contribution is -1.83. The highest BCUT2D eigenvalue weighted by molar-refractivity contribution is 6.09. The lowest BCUT2D eigenvalue weighted by atomic mass is 9.97. The van der Waals surface area contributed by atoms with Crippen LogP contribution < -0.4 is 0 Å². The van der Waals surface area contributed by atoms with Crippen LogP contribution >= 0.6 is 0 Å². The lowest BCUT2D eigenvalue weighted by molar-refractivity contribution is 1.66. The van der Waals surface area contributed by atoms with Gasteiger partial charge in [-0.2, -0.15) is 0 Å². The molecule has 74 valence electrons. The maximum absolute atomic E-state index is 6.03. The minimum atomic E-state index is 0.780. The molecule has 0 amide bonds. The summed E-state index contributed by atoms with van der Waals surface area (Å²) in [6.45, 7) is 11.9. The molecule has 0 saturated carbocycles. The molecular weight excluding hydrogens is 192 g/mol. The number of benzene rings is 3. The van der Waals surface area contributed by atoms with Gasteiger partial charge in [0, 0.05) is 0 Å². The van der Waals surface area contributed by atoms with E-state index >= 15 is 0 Å². The van der Waals surface area contributed by atoms with E-state index in [1.165, 1.54) is 0 Å². The van der Waals surface area contributed by atoms with Crippen molar-refractivity contribution < 1.29 is 0 Å². The molecule has 4 radical (unpaired) electrons. The quantitative estimate of drug-likeness (QED) is 0.481. The Morgan fingerprint density at radius 2 is 1.44 bits per heavy atom. The minimum Gasteiger partial charge on any atom is -0.0616 e. The molecule has 0 aliphatic rings. The molecule has 0 bridgehead atoms. The van der Waals surface area contributed by atoms with E-state index in [2.05, 4.69) is 6.07 Å². The Bertz CT molecular complexity index is 678. The molecule has 0 heteroatoms. The number of rotatable bonds is 0. The fraction of sp³-hybridized carbons (Fsp3) is 0. The maximum atomic E-state index is 6.03. The van der Waals surface area contributed by atoms with Gasteiger partial charge in [0.2, 0.25) is 0 Å². The molecule has 0 N–H and O–H groups in total. The van der Waals surface area contributed by atoms with Crippen molar-refractivity contribution in [3.8, 4) is 0 Å². The van der Waals surface area contributed by atoms with Crippen LogP contribution in [0, 0.1) is 13.8 Å². The van der Waals surface area contributed by atoms with Gasteiger partial charge >= 0.3 is 0 Å². The van der Waals surface area contributed by atoms with Crippen molar-refractivity contribution in [2.45, 2.75) is 0 Å². The van der Waals surface area contributed by atoms with E-state index in [0.717, 1.165) is 32.7 Å².